The van der Waals surface area contributed by atoms with Crippen LogP contribution in [0.4, 0.5) is 5.82 Å². The van der Waals surface area contributed by atoms with Gasteiger partial charge in [0, 0.05) is 41.6 Å². The molecule has 1 unspecified atom stereocenters. The molecule has 9 nitrogen and oxygen atoms in total. The summed E-state index contributed by atoms with van der Waals surface area (Å²) >= 11 is 0. The highest BCUT2D eigenvalue weighted by atomic mass is 32.2. The van der Waals surface area contributed by atoms with E-state index in [4.69, 9.17) is 23.8 Å². The second kappa shape index (κ2) is 8.99. The number of aromatic amines is 1. The molecule has 2 saturated heterocycles. The molecule has 1 saturated carbocycles. The molecule has 1 aliphatic carbocycles. The lowest BCUT2D eigenvalue weighted by atomic mass is 10.0. The van der Waals surface area contributed by atoms with Gasteiger partial charge in [-0.25, -0.2) is 18.5 Å². The molecule has 192 valence electrons. The Kier molecular flexibility index (Phi) is 5.91. The predicted molar refractivity (Wildman–Crippen MR) is 141 cm³/mol. The quantitative estimate of drug-likeness (QED) is 0.527. The molecule has 3 aromatic heterocycles. The van der Waals surface area contributed by atoms with Gasteiger partial charge in [0.05, 0.1) is 52.1 Å². The molecule has 0 spiro atoms. The maximum atomic E-state index is 14.3. The van der Waals surface area contributed by atoms with Crippen LogP contribution in [0.1, 0.15) is 52.1 Å². The zero-order valence-electron chi connectivity index (χ0n) is 21.2. The first-order chi connectivity index (χ1) is 17.4. The van der Waals surface area contributed by atoms with Crippen LogP contribution in [0.3, 0.4) is 0 Å². The van der Waals surface area contributed by atoms with Crippen LogP contribution < -0.4 is 9.64 Å². The highest BCUT2D eigenvalue weighted by Gasteiger charge is 2.46. The molecule has 3 atom stereocenters. The highest BCUT2D eigenvalue weighted by Crippen LogP contribution is 2.45. The number of fused-ring (bicyclic) bond motifs is 1. The predicted octanol–water partition coefficient (Wildman–Crippen LogP) is 4.28. The molecular weight excluding hydrogens is 476 g/mol. The largest absolute Gasteiger partial charge is 0.478 e. The van der Waals surface area contributed by atoms with E-state index >= 15 is 0 Å². The van der Waals surface area contributed by atoms with Gasteiger partial charge in [0.2, 0.25) is 5.88 Å². The van der Waals surface area contributed by atoms with Crippen molar-refractivity contribution in [3.05, 3.63) is 30.1 Å². The Labute approximate surface area is 212 Å². The van der Waals surface area contributed by atoms with Crippen LogP contribution in [-0.2, 0) is 19.2 Å². The van der Waals surface area contributed by atoms with E-state index in [2.05, 4.69) is 34.8 Å². The molecule has 0 amide bonds. The van der Waals surface area contributed by atoms with Crippen molar-refractivity contribution in [3.8, 4) is 17.3 Å². The van der Waals surface area contributed by atoms with Gasteiger partial charge in [0.1, 0.15) is 11.5 Å². The minimum absolute atomic E-state index is 0.176. The van der Waals surface area contributed by atoms with Crippen LogP contribution in [0.25, 0.3) is 22.4 Å². The minimum Gasteiger partial charge on any atom is -0.478 e. The van der Waals surface area contributed by atoms with Gasteiger partial charge in [-0.2, -0.15) is 4.98 Å². The first-order valence-corrected chi connectivity index (χ1v) is 14.7. The summed E-state index contributed by atoms with van der Waals surface area (Å²) in [4.78, 5) is 20.3. The molecule has 5 heterocycles. The zero-order chi connectivity index (χ0) is 24.9. The summed E-state index contributed by atoms with van der Waals surface area (Å²) in [5.41, 5.74) is 2.39. The third-order valence-electron chi connectivity index (χ3n) is 7.60. The Bertz CT molecular complexity index is 1410. The van der Waals surface area contributed by atoms with Crippen LogP contribution in [0.2, 0.25) is 0 Å². The summed E-state index contributed by atoms with van der Waals surface area (Å²) in [5, 5.41) is 0.927. The van der Waals surface area contributed by atoms with Crippen LogP contribution in [0, 0.1) is 0 Å². The minimum atomic E-state index is -2.44. The molecule has 6 rings (SSSR count). The first kappa shape index (κ1) is 23.7. The van der Waals surface area contributed by atoms with E-state index in [1.807, 2.05) is 25.3 Å². The summed E-state index contributed by atoms with van der Waals surface area (Å²) in [5.74, 6) is 2.59. The monoisotopic (exact) mass is 510 g/mol. The molecular formula is C26H34N6O3S. The number of nitrogens with one attached hydrogen (secondary N) is 1. The van der Waals surface area contributed by atoms with E-state index in [1.54, 1.807) is 0 Å². The average Bonchev–Trinajstić information content (AvgIpc) is 3.45. The molecule has 36 heavy (non-hydrogen) atoms. The number of morpholine rings is 1. The number of aromatic nitrogens is 4. The number of anilines is 1. The molecule has 3 aromatic rings. The van der Waals surface area contributed by atoms with E-state index in [9.17, 15) is 4.21 Å². The SMILES string of the molecule is CCOc1cc(-c2nc(N3CCOC[C@H]3C)cc([C@@]3(C)CCCS3(=O)=NC3CC3)n2)c2cc[nH]c2n1. The normalized spacial score (nSPS) is 28.5. The van der Waals surface area contributed by atoms with Crippen LogP contribution in [0.5, 0.6) is 5.88 Å². The number of hydrogen-bond acceptors (Lipinski definition) is 8. The van der Waals surface area contributed by atoms with Crippen LogP contribution >= 0.6 is 0 Å². The molecule has 1 N–H and O–H groups in total. The van der Waals surface area contributed by atoms with Gasteiger partial charge in [-0.15, -0.1) is 0 Å². The van der Waals surface area contributed by atoms with Gasteiger partial charge >= 0.3 is 0 Å². The standard InChI is InChI=1S/C26H34N6O3S/c1-4-35-23-14-20(19-8-10-27-24(19)30-23)25-28-21(15-22(29-25)32-11-12-34-16-17(32)2)26(3)9-5-13-36(26,33)31-18-6-7-18/h8,10,14-15,17-18H,4-7,9,11-13,16H2,1-3H3,(H,27,30)/t17-,26-,36?/m1/s1. The molecule has 0 aromatic carbocycles. The highest BCUT2D eigenvalue weighted by molar-refractivity contribution is 7.94. The van der Waals surface area contributed by atoms with Crippen molar-refractivity contribution < 1.29 is 13.7 Å². The van der Waals surface area contributed by atoms with E-state index in [1.165, 1.54) is 0 Å². The second-order valence-corrected chi connectivity index (χ2v) is 13.0. The number of rotatable bonds is 6. The summed E-state index contributed by atoms with van der Waals surface area (Å²) in [6, 6.07) is 6.37. The van der Waals surface area contributed by atoms with E-state index in [0.717, 1.165) is 60.3 Å². The van der Waals surface area contributed by atoms with E-state index in [0.29, 0.717) is 37.3 Å². The summed E-state index contributed by atoms with van der Waals surface area (Å²) < 4.78 is 30.0. The van der Waals surface area contributed by atoms with Crippen molar-refractivity contribution >= 4 is 26.6 Å². The smallest absolute Gasteiger partial charge is 0.215 e. The molecule has 0 bridgehead atoms. The van der Waals surface area contributed by atoms with Gasteiger partial charge in [-0.1, -0.05) is 0 Å². The van der Waals surface area contributed by atoms with Crippen molar-refractivity contribution in [1.82, 2.24) is 19.9 Å². The first-order valence-electron chi connectivity index (χ1n) is 13.0. The van der Waals surface area contributed by atoms with Gasteiger partial charge in [0.25, 0.3) is 0 Å². The summed E-state index contributed by atoms with van der Waals surface area (Å²) in [6.45, 7) is 8.73. The lowest BCUT2D eigenvalue weighted by Crippen LogP contribution is -2.44. The summed E-state index contributed by atoms with van der Waals surface area (Å²) in [7, 11) is -2.44. The molecule has 2 aliphatic heterocycles. The number of pyridine rings is 1. The van der Waals surface area contributed by atoms with Crippen molar-refractivity contribution in [3.63, 3.8) is 0 Å². The third kappa shape index (κ3) is 4.04. The van der Waals surface area contributed by atoms with Gasteiger partial charge in [0.15, 0.2) is 5.82 Å². The number of H-pyrrole nitrogens is 1. The van der Waals surface area contributed by atoms with E-state index in [-0.39, 0.29) is 12.1 Å². The number of hydrogen-bond donors (Lipinski definition) is 1. The fourth-order valence-corrected chi connectivity index (χ4v) is 8.24. The Hall–Kier alpha value is -2.72. The van der Waals surface area contributed by atoms with Crippen molar-refractivity contribution in [1.29, 1.82) is 0 Å². The second-order valence-electron chi connectivity index (χ2n) is 10.2. The Morgan fingerprint density at radius 2 is 2.17 bits per heavy atom. The summed E-state index contributed by atoms with van der Waals surface area (Å²) in [6.07, 6.45) is 5.64. The fourth-order valence-electron chi connectivity index (χ4n) is 5.33. The molecule has 0 radical (unpaired) electrons. The van der Waals surface area contributed by atoms with Crippen LogP contribution in [0.15, 0.2) is 28.8 Å². The number of nitrogens with zero attached hydrogens (tertiary/aromatic N) is 5. The third-order valence-corrected chi connectivity index (χ3v) is 10.9. The molecule has 3 fully saturated rings. The Morgan fingerprint density at radius 3 is 2.94 bits per heavy atom. The molecule has 3 aliphatic rings. The Morgan fingerprint density at radius 1 is 1.31 bits per heavy atom. The van der Waals surface area contributed by atoms with Gasteiger partial charge in [-0.3, -0.25) is 0 Å². The topological polar surface area (TPSA) is 106 Å². The zero-order valence-corrected chi connectivity index (χ0v) is 22.0. The van der Waals surface area contributed by atoms with Gasteiger partial charge in [-0.05, 0) is 52.5 Å². The van der Waals surface area contributed by atoms with Crippen molar-refractivity contribution in [2.24, 2.45) is 4.36 Å². The van der Waals surface area contributed by atoms with Crippen molar-refractivity contribution in [2.45, 2.75) is 63.3 Å². The number of ether oxygens (including phenoxy) is 2. The fraction of sp³-hybridized carbons (Fsp3) is 0.577. The van der Waals surface area contributed by atoms with Gasteiger partial charge < -0.3 is 19.4 Å². The van der Waals surface area contributed by atoms with Crippen LogP contribution in [-0.4, -0.2) is 68.3 Å². The lowest BCUT2D eigenvalue weighted by Gasteiger charge is -2.35. The maximum Gasteiger partial charge on any atom is 0.215 e. The van der Waals surface area contributed by atoms with E-state index < -0.39 is 14.5 Å². The maximum absolute atomic E-state index is 14.3. The molecule has 10 heteroatoms. The van der Waals surface area contributed by atoms with Crippen molar-refractivity contribution in [2.75, 3.05) is 37.0 Å². The average molecular weight is 511 g/mol. The Balaban J connectivity index is 1.56. The lowest BCUT2D eigenvalue weighted by molar-refractivity contribution is 0.0985.